The van der Waals surface area contributed by atoms with E-state index in [9.17, 15) is 0 Å². The van der Waals surface area contributed by atoms with E-state index in [-0.39, 0.29) is 0 Å². The molecule has 0 saturated carbocycles. The molecule has 5 nitrogen and oxygen atoms in total. The van der Waals surface area contributed by atoms with E-state index in [0.29, 0.717) is 5.82 Å². The molecule has 0 fully saturated rings. The largest absolute Gasteiger partial charge is 0.280 e. The van der Waals surface area contributed by atoms with Crippen LogP contribution in [-0.4, -0.2) is 19.5 Å². The van der Waals surface area contributed by atoms with Crippen LogP contribution in [0.1, 0.15) is 0 Å². The Balaban J connectivity index is 1.23. The normalized spacial score (nSPS) is 12.2. The Morgan fingerprint density at radius 3 is 2.13 bits per heavy atom. The summed E-state index contributed by atoms with van der Waals surface area (Å²) in [7, 11) is 0. The lowest BCUT2D eigenvalue weighted by Crippen LogP contribution is -2.14. The third kappa shape index (κ3) is 3.98. The van der Waals surface area contributed by atoms with Gasteiger partial charge in [-0.2, -0.15) is 0 Å². The van der Waals surface area contributed by atoms with Crippen LogP contribution in [0.4, 0.5) is 17.3 Å². The van der Waals surface area contributed by atoms with Crippen molar-refractivity contribution in [2.24, 2.45) is 0 Å². The fraction of sp³-hybridized carbons (Fsp3) is 0. The molecule has 0 radical (unpaired) electrons. The number of hydrogen-bond acceptors (Lipinski definition) is 5. The Morgan fingerprint density at radius 2 is 1.23 bits per heavy atom. The van der Waals surface area contributed by atoms with Gasteiger partial charge in [-0.15, -0.1) is 11.3 Å². The van der Waals surface area contributed by atoms with E-state index in [1.807, 2.05) is 12.1 Å². The van der Waals surface area contributed by atoms with E-state index in [1.54, 1.807) is 11.3 Å². The zero-order chi connectivity index (χ0) is 30.9. The van der Waals surface area contributed by atoms with Crippen molar-refractivity contribution in [1.82, 2.24) is 19.5 Å². The fourth-order valence-electron chi connectivity index (χ4n) is 6.85. The van der Waals surface area contributed by atoms with Crippen molar-refractivity contribution in [3.63, 3.8) is 0 Å². The summed E-state index contributed by atoms with van der Waals surface area (Å²) in [5, 5.41) is 1.15. The summed E-state index contributed by atoms with van der Waals surface area (Å²) in [6.45, 7) is 0. The second-order valence-electron chi connectivity index (χ2n) is 11.7. The number of hydrogen-bond donors (Lipinski definition) is 0. The molecule has 0 bridgehead atoms. The molecule has 47 heavy (non-hydrogen) atoms. The third-order valence-corrected chi connectivity index (χ3v) is 10.1. The molecular formula is C41H25N5S. The lowest BCUT2D eigenvalue weighted by atomic mass is 10.0. The molecule has 6 heteroatoms. The second-order valence-corrected chi connectivity index (χ2v) is 12.7. The zero-order valence-electron chi connectivity index (χ0n) is 25.1. The summed E-state index contributed by atoms with van der Waals surface area (Å²) in [6, 6.07) is 53.0. The summed E-state index contributed by atoms with van der Waals surface area (Å²) in [5.41, 5.74) is 11.4. The zero-order valence-corrected chi connectivity index (χ0v) is 25.9. The van der Waals surface area contributed by atoms with Crippen LogP contribution in [0, 0.1) is 0 Å². The molecule has 0 saturated heterocycles. The molecule has 0 spiro atoms. The molecule has 1 aliphatic heterocycles. The summed E-state index contributed by atoms with van der Waals surface area (Å²) >= 11 is 1.75. The number of imidazole rings is 1. The van der Waals surface area contributed by atoms with Crippen LogP contribution in [0.3, 0.4) is 0 Å². The Morgan fingerprint density at radius 1 is 0.532 bits per heavy atom. The van der Waals surface area contributed by atoms with E-state index in [0.717, 1.165) is 77.6 Å². The van der Waals surface area contributed by atoms with Gasteiger partial charge in [-0.25, -0.2) is 15.0 Å². The molecule has 0 amide bonds. The smallest absolute Gasteiger partial charge is 0.220 e. The van der Waals surface area contributed by atoms with E-state index in [4.69, 9.17) is 15.0 Å². The van der Waals surface area contributed by atoms with Crippen molar-refractivity contribution in [3.05, 3.63) is 152 Å². The van der Waals surface area contributed by atoms with Gasteiger partial charge >= 0.3 is 0 Å². The van der Waals surface area contributed by atoms with Gasteiger partial charge in [0.15, 0.2) is 5.82 Å². The van der Waals surface area contributed by atoms with Crippen LogP contribution in [0.25, 0.3) is 70.8 Å². The Hall–Kier alpha value is -6.11. The molecule has 3 aromatic heterocycles. The topological polar surface area (TPSA) is 46.8 Å². The minimum absolute atomic E-state index is 0.696. The van der Waals surface area contributed by atoms with Crippen molar-refractivity contribution in [2.45, 2.75) is 0 Å². The van der Waals surface area contributed by atoms with E-state index in [2.05, 4.69) is 149 Å². The average molecular weight is 620 g/mol. The van der Waals surface area contributed by atoms with Gasteiger partial charge in [0, 0.05) is 38.0 Å². The first kappa shape index (κ1) is 26.1. The number of anilines is 3. The van der Waals surface area contributed by atoms with Gasteiger partial charge in [-0.1, -0.05) is 109 Å². The van der Waals surface area contributed by atoms with Gasteiger partial charge in [0.05, 0.1) is 38.3 Å². The molecule has 220 valence electrons. The molecule has 1 aliphatic rings. The molecule has 0 atom stereocenters. The number of nitrogens with zero attached hydrogens (tertiary/aromatic N) is 5. The van der Waals surface area contributed by atoms with Gasteiger partial charge in [0.25, 0.3) is 0 Å². The van der Waals surface area contributed by atoms with Gasteiger partial charge in [0.1, 0.15) is 0 Å². The minimum Gasteiger partial charge on any atom is -0.280 e. The average Bonchev–Trinajstić information content (AvgIpc) is 3.67. The summed E-state index contributed by atoms with van der Waals surface area (Å²) in [4.78, 5) is 18.0. The van der Waals surface area contributed by atoms with E-state index in [1.165, 1.54) is 4.70 Å². The molecule has 4 heterocycles. The van der Waals surface area contributed by atoms with Crippen molar-refractivity contribution < 1.29 is 0 Å². The number of rotatable bonds is 3. The first-order valence-corrected chi connectivity index (χ1v) is 16.4. The minimum atomic E-state index is 0.696. The molecule has 6 aromatic carbocycles. The van der Waals surface area contributed by atoms with Gasteiger partial charge < -0.3 is 0 Å². The van der Waals surface area contributed by atoms with Crippen molar-refractivity contribution in [1.29, 1.82) is 0 Å². The lowest BCUT2D eigenvalue weighted by molar-refractivity contribution is 1.05. The maximum Gasteiger partial charge on any atom is 0.220 e. The van der Waals surface area contributed by atoms with Crippen LogP contribution < -0.4 is 4.90 Å². The van der Waals surface area contributed by atoms with Crippen molar-refractivity contribution in [2.75, 3.05) is 4.90 Å². The van der Waals surface area contributed by atoms with E-state index < -0.39 is 0 Å². The highest BCUT2D eigenvalue weighted by atomic mass is 32.1. The monoisotopic (exact) mass is 619 g/mol. The Kier molecular flexibility index (Phi) is 5.68. The van der Waals surface area contributed by atoms with Crippen molar-refractivity contribution in [3.8, 4) is 39.5 Å². The maximum atomic E-state index is 5.26. The highest BCUT2D eigenvalue weighted by Gasteiger charge is 2.29. The molecular weight excluding hydrogens is 595 g/mol. The predicted molar refractivity (Wildman–Crippen MR) is 194 cm³/mol. The number of benzene rings is 6. The third-order valence-electron chi connectivity index (χ3n) is 8.95. The predicted octanol–water partition coefficient (Wildman–Crippen LogP) is 11.0. The molecule has 0 N–H and O–H groups in total. The Labute approximate surface area is 274 Å². The highest BCUT2D eigenvalue weighted by Crippen LogP contribution is 2.48. The van der Waals surface area contributed by atoms with Crippen LogP contribution in [-0.2, 0) is 0 Å². The summed E-state index contributed by atoms with van der Waals surface area (Å²) in [5.74, 6) is 1.53. The number of fused-ring (bicyclic) bond motifs is 10. The summed E-state index contributed by atoms with van der Waals surface area (Å²) < 4.78 is 4.59. The molecule has 0 aliphatic carbocycles. The SMILES string of the molecule is c1ccc(-c2nc(-c3cccc(N4c5ccccc5-c5ccccc5-n5c4nc4ccccc45)c3)nc3c2sc2ccccc23)cc1. The van der Waals surface area contributed by atoms with Crippen molar-refractivity contribution >= 4 is 60.0 Å². The maximum absolute atomic E-state index is 5.26. The quantitative estimate of drug-likeness (QED) is 0.197. The lowest BCUT2D eigenvalue weighted by Gasteiger charge is -2.25. The fourth-order valence-corrected chi connectivity index (χ4v) is 8.01. The number of aromatic nitrogens is 4. The summed E-state index contributed by atoms with van der Waals surface area (Å²) in [6.07, 6.45) is 0. The van der Waals surface area contributed by atoms with Gasteiger partial charge in [-0.05, 0) is 42.5 Å². The van der Waals surface area contributed by atoms with Crippen LogP contribution in [0.15, 0.2) is 152 Å². The number of para-hydroxylation sites is 4. The number of thiophene rings is 1. The first-order chi connectivity index (χ1) is 23.3. The molecule has 10 rings (SSSR count). The standard InChI is InChI=1S/C41H25N5S/c1-2-13-26(14-3-1)37-39-38(31-19-6-11-24-36(31)47-39)44-40(43-37)27-15-12-16-28(25-27)45-33-21-8-4-17-29(33)30-18-5-9-22-34(30)46-35-23-10-7-20-32(35)42-41(45)46/h1-25H. The van der Waals surface area contributed by atoms with Crippen LogP contribution in [0.2, 0.25) is 0 Å². The first-order valence-electron chi connectivity index (χ1n) is 15.6. The highest BCUT2D eigenvalue weighted by molar-refractivity contribution is 7.26. The van der Waals surface area contributed by atoms with Gasteiger partial charge in [-0.3, -0.25) is 9.47 Å². The van der Waals surface area contributed by atoms with Crippen LogP contribution in [0.5, 0.6) is 0 Å². The molecule has 9 aromatic rings. The Bertz CT molecular complexity index is 2650. The molecule has 0 unspecified atom stereocenters. The second kappa shape index (κ2) is 10.2. The van der Waals surface area contributed by atoms with E-state index >= 15 is 0 Å². The van der Waals surface area contributed by atoms with Crippen LogP contribution >= 0.6 is 11.3 Å². The van der Waals surface area contributed by atoms with Gasteiger partial charge in [0.2, 0.25) is 5.95 Å².